The summed E-state index contributed by atoms with van der Waals surface area (Å²) in [4.78, 5) is 24.6. The normalized spacial score (nSPS) is 11.7. The highest BCUT2D eigenvalue weighted by Gasteiger charge is 2.19. The van der Waals surface area contributed by atoms with Crippen LogP contribution in [0.15, 0.2) is 30.3 Å². The molecule has 0 bridgehead atoms. The summed E-state index contributed by atoms with van der Waals surface area (Å²) < 4.78 is 10.6. The maximum Gasteiger partial charge on any atom is 0.348 e. The van der Waals surface area contributed by atoms with Crippen LogP contribution >= 0.6 is 11.3 Å². The lowest BCUT2D eigenvalue weighted by Gasteiger charge is -2.14. The van der Waals surface area contributed by atoms with E-state index in [-0.39, 0.29) is 11.9 Å². The average Bonchev–Trinajstić information content (AvgIpc) is 2.90. The van der Waals surface area contributed by atoms with Crippen LogP contribution in [0.2, 0.25) is 0 Å². The van der Waals surface area contributed by atoms with E-state index >= 15 is 0 Å². The summed E-state index contributed by atoms with van der Waals surface area (Å²) in [5.41, 5.74) is 1.90. The molecule has 2 aromatic rings. The van der Waals surface area contributed by atoms with E-state index in [2.05, 4.69) is 5.32 Å². The molecule has 1 unspecified atom stereocenters. The van der Waals surface area contributed by atoms with Gasteiger partial charge in [0, 0.05) is 0 Å². The summed E-state index contributed by atoms with van der Waals surface area (Å²) in [6, 6.07) is 9.26. The third kappa shape index (κ3) is 4.58. The van der Waals surface area contributed by atoms with Crippen molar-refractivity contribution >= 4 is 28.2 Å². The summed E-state index contributed by atoms with van der Waals surface area (Å²) >= 11 is 1.20. The Morgan fingerprint density at radius 1 is 1.21 bits per heavy atom. The van der Waals surface area contributed by atoms with Crippen molar-refractivity contribution in [3.63, 3.8) is 0 Å². The van der Waals surface area contributed by atoms with Gasteiger partial charge in [-0.25, -0.2) is 4.79 Å². The first-order valence-electron chi connectivity index (χ1n) is 7.72. The number of amides is 1. The first-order chi connectivity index (χ1) is 11.4. The Labute approximate surface area is 145 Å². The number of hydrogen-bond donors (Lipinski definition) is 1. The molecule has 24 heavy (non-hydrogen) atoms. The molecule has 1 N–H and O–H groups in total. The molecule has 0 radical (unpaired) electrons. The fourth-order valence-electron chi connectivity index (χ4n) is 2.04. The van der Waals surface area contributed by atoms with Crippen molar-refractivity contribution < 1.29 is 19.1 Å². The second-order valence-electron chi connectivity index (χ2n) is 5.41. The molecule has 1 heterocycles. The van der Waals surface area contributed by atoms with E-state index in [0.29, 0.717) is 22.2 Å². The van der Waals surface area contributed by atoms with E-state index in [1.54, 1.807) is 19.9 Å². The van der Waals surface area contributed by atoms with Gasteiger partial charge in [-0.3, -0.25) is 4.79 Å². The number of thiophene rings is 1. The number of ether oxygens (including phenoxy) is 2. The van der Waals surface area contributed by atoms with E-state index < -0.39 is 6.10 Å². The molecule has 0 saturated carbocycles. The molecule has 0 aliphatic heterocycles. The number of esters is 1. The fraction of sp³-hybridized carbons (Fsp3) is 0.333. The zero-order chi connectivity index (χ0) is 17.7. The minimum Gasteiger partial charge on any atom is -0.481 e. The molecule has 0 saturated heterocycles. The van der Waals surface area contributed by atoms with Crippen LogP contribution in [0.25, 0.3) is 0 Å². The Morgan fingerprint density at radius 2 is 1.88 bits per heavy atom. The fourth-order valence-corrected chi connectivity index (χ4v) is 3.01. The molecule has 1 atom stereocenters. The van der Waals surface area contributed by atoms with Gasteiger partial charge < -0.3 is 14.8 Å². The Bertz CT molecular complexity index is 721. The molecule has 128 valence electrons. The van der Waals surface area contributed by atoms with Crippen LogP contribution in [-0.4, -0.2) is 24.6 Å². The summed E-state index contributed by atoms with van der Waals surface area (Å²) in [5.74, 6) is -0.00508. The van der Waals surface area contributed by atoms with E-state index in [1.165, 1.54) is 11.3 Å². The van der Waals surface area contributed by atoms with Gasteiger partial charge in [-0.05, 0) is 51.5 Å². The Kier molecular flexibility index (Phi) is 5.98. The Morgan fingerprint density at radius 3 is 2.50 bits per heavy atom. The number of aryl methyl sites for hydroxylation is 2. The van der Waals surface area contributed by atoms with E-state index in [0.717, 1.165) is 11.1 Å². The molecular formula is C18H21NO4S. The summed E-state index contributed by atoms with van der Waals surface area (Å²) in [6.45, 7) is 7.56. The molecule has 6 heteroatoms. The van der Waals surface area contributed by atoms with Crippen LogP contribution in [0.1, 0.15) is 34.6 Å². The molecule has 0 aliphatic rings. The van der Waals surface area contributed by atoms with Gasteiger partial charge >= 0.3 is 5.97 Å². The zero-order valence-corrected chi connectivity index (χ0v) is 15.0. The zero-order valence-electron chi connectivity index (χ0n) is 14.2. The standard InChI is InChI=1S/C18H21NO4S/c1-5-22-18(21)16-12(3)10-15(24-16)19-17(20)13(4)23-14-8-6-11(2)7-9-14/h6-10,13H,5H2,1-4H3,(H,19,20). The van der Waals surface area contributed by atoms with Crippen molar-refractivity contribution in [3.05, 3.63) is 46.3 Å². The largest absolute Gasteiger partial charge is 0.481 e. The van der Waals surface area contributed by atoms with Gasteiger partial charge in [-0.2, -0.15) is 0 Å². The van der Waals surface area contributed by atoms with Crippen LogP contribution in [0.5, 0.6) is 5.75 Å². The third-order valence-electron chi connectivity index (χ3n) is 3.33. The highest BCUT2D eigenvalue weighted by Crippen LogP contribution is 2.27. The smallest absolute Gasteiger partial charge is 0.348 e. The van der Waals surface area contributed by atoms with E-state index in [1.807, 2.05) is 38.1 Å². The number of carbonyl (C=O) groups is 2. The second-order valence-corrected chi connectivity index (χ2v) is 6.46. The predicted octanol–water partition coefficient (Wildman–Crippen LogP) is 3.95. The molecule has 2 rings (SSSR count). The molecule has 1 amide bonds. The van der Waals surface area contributed by atoms with Gasteiger partial charge in [0.05, 0.1) is 11.6 Å². The Balaban J connectivity index is 1.99. The molecular weight excluding hydrogens is 326 g/mol. The first kappa shape index (κ1) is 18.0. The molecule has 0 aliphatic carbocycles. The van der Waals surface area contributed by atoms with Crippen LogP contribution in [0.4, 0.5) is 5.00 Å². The average molecular weight is 347 g/mol. The van der Waals surface area contributed by atoms with Crippen molar-refractivity contribution in [2.45, 2.75) is 33.8 Å². The maximum absolute atomic E-state index is 12.3. The lowest BCUT2D eigenvalue weighted by molar-refractivity contribution is -0.122. The monoisotopic (exact) mass is 347 g/mol. The molecule has 5 nitrogen and oxygen atoms in total. The van der Waals surface area contributed by atoms with Gasteiger partial charge in [0.1, 0.15) is 10.6 Å². The second kappa shape index (κ2) is 7.97. The van der Waals surface area contributed by atoms with Crippen molar-refractivity contribution in [1.29, 1.82) is 0 Å². The third-order valence-corrected chi connectivity index (χ3v) is 4.46. The topological polar surface area (TPSA) is 64.6 Å². The van der Waals surface area contributed by atoms with E-state index in [4.69, 9.17) is 9.47 Å². The van der Waals surface area contributed by atoms with Crippen molar-refractivity contribution in [3.8, 4) is 5.75 Å². The van der Waals surface area contributed by atoms with Gasteiger partial charge in [0.15, 0.2) is 6.10 Å². The van der Waals surface area contributed by atoms with Crippen LogP contribution in [-0.2, 0) is 9.53 Å². The minimum atomic E-state index is -0.652. The first-order valence-corrected chi connectivity index (χ1v) is 8.54. The van der Waals surface area contributed by atoms with Crippen LogP contribution in [0.3, 0.4) is 0 Å². The highest BCUT2D eigenvalue weighted by molar-refractivity contribution is 7.18. The Hall–Kier alpha value is -2.34. The number of benzene rings is 1. The van der Waals surface area contributed by atoms with Gasteiger partial charge in [-0.15, -0.1) is 11.3 Å². The molecule has 0 fully saturated rings. The minimum absolute atomic E-state index is 0.271. The maximum atomic E-state index is 12.3. The van der Waals surface area contributed by atoms with Crippen LogP contribution < -0.4 is 10.1 Å². The lowest BCUT2D eigenvalue weighted by atomic mass is 10.2. The lowest BCUT2D eigenvalue weighted by Crippen LogP contribution is -2.29. The number of anilines is 1. The van der Waals surface area contributed by atoms with Gasteiger partial charge in [-0.1, -0.05) is 17.7 Å². The van der Waals surface area contributed by atoms with Crippen molar-refractivity contribution in [2.24, 2.45) is 0 Å². The summed E-state index contributed by atoms with van der Waals surface area (Å²) in [7, 11) is 0. The predicted molar refractivity (Wildman–Crippen MR) is 94.9 cm³/mol. The SMILES string of the molecule is CCOC(=O)c1sc(NC(=O)C(C)Oc2ccc(C)cc2)cc1C. The molecule has 1 aromatic heterocycles. The molecule has 0 spiro atoms. The van der Waals surface area contributed by atoms with Gasteiger partial charge in [0.2, 0.25) is 0 Å². The van der Waals surface area contributed by atoms with E-state index in [9.17, 15) is 9.59 Å². The number of nitrogens with one attached hydrogen (secondary N) is 1. The van der Waals surface area contributed by atoms with Crippen LogP contribution in [0, 0.1) is 13.8 Å². The number of carbonyl (C=O) groups excluding carboxylic acids is 2. The van der Waals surface area contributed by atoms with Crippen molar-refractivity contribution in [1.82, 2.24) is 0 Å². The number of rotatable bonds is 6. The quantitative estimate of drug-likeness (QED) is 0.804. The number of hydrogen-bond acceptors (Lipinski definition) is 5. The molecule has 1 aromatic carbocycles. The highest BCUT2D eigenvalue weighted by atomic mass is 32.1. The van der Waals surface area contributed by atoms with Crippen molar-refractivity contribution in [2.75, 3.05) is 11.9 Å². The summed E-state index contributed by atoms with van der Waals surface area (Å²) in [5, 5.41) is 3.38. The summed E-state index contributed by atoms with van der Waals surface area (Å²) in [6.07, 6.45) is -0.652. The van der Waals surface area contributed by atoms with Gasteiger partial charge in [0.25, 0.3) is 5.91 Å².